The summed E-state index contributed by atoms with van der Waals surface area (Å²) in [6.45, 7) is 14.1. The van der Waals surface area contributed by atoms with Crippen molar-refractivity contribution in [2.75, 3.05) is 19.6 Å². The zero-order valence-electron chi connectivity index (χ0n) is 14.3. The fraction of sp³-hybridized carbons (Fsp3) is 0.941. The van der Waals surface area contributed by atoms with Crippen molar-refractivity contribution in [1.82, 2.24) is 10.2 Å². The fourth-order valence-electron chi connectivity index (χ4n) is 2.56. The van der Waals surface area contributed by atoms with Crippen LogP contribution in [0.3, 0.4) is 0 Å². The van der Waals surface area contributed by atoms with E-state index in [1.807, 2.05) is 6.92 Å². The van der Waals surface area contributed by atoms with Gasteiger partial charge in [0.05, 0.1) is 6.07 Å². The van der Waals surface area contributed by atoms with Gasteiger partial charge in [0.2, 0.25) is 0 Å². The minimum Gasteiger partial charge on any atom is -0.301 e. The smallest absolute Gasteiger partial charge is 0.103 e. The van der Waals surface area contributed by atoms with Crippen molar-refractivity contribution < 1.29 is 0 Å². The molecule has 3 heteroatoms. The Morgan fingerprint density at radius 2 is 1.70 bits per heavy atom. The van der Waals surface area contributed by atoms with Gasteiger partial charge in [-0.05, 0) is 66.1 Å². The molecule has 20 heavy (non-hydrogen) atoms. The third kappa shape index (κ3) is 8.55. The van der Waals surface area contributed by atoms with E-state index >= 15 is 0 Å². The Kier molecular flexibility index (Phi) is 10.8. The van der Waals surface area contributed by atoms with E-state index in [0.717, 1.165) is 25.9 Å². The van der Waals surface area contributed by atoms with E-state index in [2.05, 4.69) is 44.0 Å². The minimum atomic E-state index is -0.348. The molecule has 0 aliphatic carbocycles. The maximum Gasteiger partial charge on any atom is 0.103 e. The summed E-state index contributed by atoms with van der Waals surface area (Å²) in [7, 11) is 0. The first kappa shape index (κ1) is 19.4. The summed E-state index contributed by atoms with van der Waals surface area (Å²) in [5, 5.41) is 12.5. The first-order chi connectivity index (χ1) is 9.49. The molecule has 0 spiro atoms. The Balaban J connectivity index is 3.96. The van der Waals surface area contributed by atoms with Crippen LogP contribution < -0.4 is 5.32 Å². The lowest BCUT2D eigenvalue weighted by Crippen LogP contribution is -2.41. The average molecular weight is 281 g/mol. The van der Waals surface area contributed by atoms with Crippen LogP contribution in [-0.2, 0) is 0 Å². The first-order valence-electron chi connectivity index (χ1n) is 8.39. The summed E-state index contributed by atoms with van der Waals surface area (Å²) in [6, 6.07) is 3.04. The number of nitrogens with one attached hydrogen (secondary N) is 1. The number of unbranched alkanes of at least 4 members (excludes halogenated alkanes) is 3. The van der Waals surface area contributed by atoms with E-state index in [1.54, 1.807) is 0 Å². The van der Waals surface area contributed by atoms with Gasteiger partial charge in [0, 0.05) is 6.04 Å². The maximum absolute atomic E-state index is 9.23. The van der Waals surface area contributed by atoms with Crippen LogP contribution in [0, 0.1) is 11.3 Å². The standard InChI is InChI=1S/C17H35N3/c1-6-8-10-13-20(16(3)4)14-11-9-12-17(5,15-18)19-7-2/h16,19H,6-14H2,1-5H3. The van der Waals surface area contributed by atoms with E-state index in [9.17, 15) is 5.26 Å². The van der Waals surface area contributed by atoms with Gasteiger partial charge in [-0.15, -0.1) is 0 Å². The molecule has 0 saturated heterocycles. The number of nitriles is 1. The second-order valence-corrected chi connectivity index (χ2v) is 6.27. The Labute approximate surface area is 126 Å². The maximum atomic E-state index is 9.23. The molecule has 0 radical (unpaired) electrons. The molecule has 0 bridgehead atoms. The number of hydrogen-bond acceptors (Lipinski definition) is 3. The van der Waals surface area contributed by atoms with Crippen molar-refractivity contribution >= 4 is 0 Å². The van der Waals surface area contributed by atoms with Crippen molar-refractivity contribution in [3.63, 3.8) is 0 Å². The van der Waals surface area contributed by atoms with E-state index in [0.29, 0.717) is 6.04 Å². The predicted octanol–water partition coefficient (Wildman–Crippen LogP) is 3.95. The van der Waals surface area contributed by atoms with Gasteiger partial charge < -0.3 is 4.90 Å². The highest BCUT2D eigenvalue weighted by Crippen LogP contribution is 2.14. The molecule has 0 aromatic carbocycles. The van der Waals surface area contributed by atoms with Crippen molar-refractivity contribution in [1.29, 1.82) is 5.26 Å². The van der Waals surface area contributed by atoms with Crippen LogP contribution in [0.2, 0.25) is 0 Å². The molecular formula is C17H35N3. The summed E-state index contributed by atoms with van der Waals surface area (Å²) in [6.07, 6.45) is 7.17. The van der Waals surface area contributed by atoms with E-state index < -0.39 is 0 Å². The van der Waals surface area contributed by atoms with Crippen molar-refractivity contribution in [3.8, 4) is 6.07 Å². The van der Waals surface area contributed by atoms with E-state index in [-0.39, 0.29) is 5.54 Å². The van der Waals surface area contributed by atoms with Gasteiger partial charge in [0.15, 0.2) is 0 Å². The summed E-state index contributed by atoms with van der Waals surface area (Å²) in [5.74, 6) is 0. The molecule has 0 aliphatic rings. The van der Waals surface area contributed by atoms with Gasteiger partial charge in [0.25, 0.3) is 0 Å². The van der Waals surface area contributed by atoms with E-state index in [4.69, 9.17) is 0 Å². The molecule has 0 heterocycles. The normalized spacial score (nSPS) is 14.5. The van der Waals surface area contributed by atoms with Gasteiger partial charge in [0.1, 0.15) is 5.54 Å². The number of hydrogen-bond donors (Lipinski definition) is 1. The Morgan fingerprint density at radius 3 is 2.15 bits per heavy atom. The summed E-state index contributed by atoms with van der Waals surface area (Å²) in [4.78, 5) is 2.58. The van der Waals surface area contributed by atoms with Crippen LogP contribution in [0.5, 0.6) is 0 Å². The first-order valence-corrected chi connectivity index (χ1v) is 8.39. The molecule has 0 fully saturated rings. The molecule has 0 aromatic heterocycles. The molecule has 3 nitrogen and oxygen atoms in total. The highest BCUT2D eigenvalue weighted by molar-refractivity contribution is 5.03. The third-order valence-corrected chi connectivity index (χ3v) is 3.96. The van der Waals surface area contributed by atoms with Gasteiger partial charge in [-0.3, -0.25) is 5.32 Å². The van der Waals surface area contributed by atoms with Gasteiger partial charge >= 0.3 is 0 Å². The predicted molar refractivity (Wildman–Crippen MR) is 87.8 cm³/mol. The van der Waals surface area contributed by atoms with Crippen LogP contribution >= 0.6 is 0 Å². The second kappa shape index (κ2) is 11.1. The summed E-state index contributed by atoms with van der Waals surface area (Å²) < 4.78 is 0. The molecule has 0 saturated carbocycles. The molecule has 118 valence electrons. The lowest BCUT2D eigenvalue weighted by atomic mass is 9.96. The van der Waals surface area contributed by atoms with Crippen molar-refractivity contribution in [2.45, 2.75) is 84.7 Å². The van der Waals surface area contributed by atoms with Crippen LogP contribution in [-0.4, -0.2) is 36.1 Å². The Morgan fingerprint density at radius 1 is 1.10 bits per heavy atom. The molecule has 1 atom stereocenters. The second-order valence-electron chi connectivity index (χ2n) is 6.27. The summed E-state index contributed by atoms with van der Waals surface area (Å²) in [5.41, 5.74) is -0.348. The zero-order valence-corrected chi connectivity index (χ0v) is 14.3. The van der Waals surface area contributed by atoms with Crippen molar-refractivity contribution in [3.05, 3.63) is 0 Å². The Bertz CT molecular complexity index is 270. The molecule has 1 N–H and O–H groups in total. The topological polar surface area (TPSA) is 39.1 Å². The largest absolute Gasteiger partial charge is 0.301 e. The SMILES string of the molecule is CCCCCN(CCCCC(C)(C#N)NCC)C(C)C. The molecule has 0 aliphatic heterocycles. The highest BCUT2D eigenvalue weighted by Gasteiger charge is 2.21. The monoisotopic (exact) mass is 281 g/mol. The van der Waals surface area contributed by atoms with E-state index in [1.165, 1.54) is 32.2 Å². The molecule has 0 amide bonds. The van der Waals surface area contributed by atoms with Gasteiger partial charge in [-0.2, -0.15) is 5.26 Å². The highest BCUT2D eigenvalue weighted by atomic mass is 15.1. The van der Waals surface area contributed by atoms with Crippen LogP contribution in [0.25, 0.3) is 0 Å². The van der Waals surface area contributed by atoms with Crippen LogP contribution in [0.1, 0.15) is 73.1 Å². The molecular weight excluding hydrogens is 246 g/mol. The summed E-state index contributed by atoms with van der Waals surface area (Å²) >= 11 is 0. The number of rotatable bonds is 12. The lowest BCUT2D eigenvalue weighted by Gasteiger charge is -2.27. The van der Waals surface area contributed by atoms with Crippen LogP contribution in [0.4, 0.5) is 0 Å². The molecule has 0 aromatic rings. The van der Waals surface area contributed by atoms with Gasteiger partial charge in [-0.1, -0.05) is 26.7 Å². The number of nitrogens with zero attached hydrogens (tertiary/aromatic N) is 2. The quantitative estimate of drug-likeness (QED) is 0.551. The lowest BCUT2D eigenvalue weighted by molar-refractivity contribution is 0.210. The Hall–Kier alpha value is -0.590. The minimum absolute atomic E-state index is 0.348. The van der Waals surface area contributed by atoms with Gasteiger partial charge in [-0.25, -0.2) is 0 Å². The fourth-order valence-corrected chi connectivity index (χ4v) is 2.56. The third-order valence-electron chi connectivity index (χ3n) is 3.96. The zero-order chi connectivity index (χ0) is 15.4. The molecule has 1 unspecified atom stereocenters. The average Bonchev–Trinajstić information content (AvgIpc) is 2.41. The van der Waals surface area contributed by atoms with Crippen molar-refractivity contribution in [2.24, 2.45) is 0 Å². The van der Waals surface area contributed by atoms with Crippen LogP contribution in [0.15, 0.2) is 0 Å². The molecule has 0 rings (SSSR count).